The van der Waals surface area contributed by atoms with Crippen molar-refractivity contribution < 1.29 is 14.4 Å². The summed E-state index contributed by atoms with van der Waals surface area (Å²) in [6.45, 7) is 2.23. The Morgan fingerprint density at radius 2 is 1.53 bits per heavy atom. The van der Waals surface area contributed by atoms with Gasteiger partial charge >= 0.3 is 0 Å². The SMILES string of the molecule is CCCC(CC(CCN=C=O)N=C=O)N=C=O. The van der Waals surface area contributed by atoms with Crippen molar-refractivity contribution in [2.45, 2.75) is 44.7 Å². The molecule has 0 fully saturated rings. The van der Waals surface area contributed by atoms with Gasteiger partial charge in [0.05, 0.1) is 18.6 Å². The van der Waals surface area contributed by atoms with Gasteiger partial charge in [-0.2, -0.15) is 0 Å². The van der Waals surface area contributed by atoms with Crippen LogP contribution in [0.5, 0.6) is 0 Å². The van der Waals surface area contributed by atoms with Crippen LogP contribution < -0.4 is 0 Å². The minimum absolute atomic E-state index is 0.195. The van der Waals surface area contributed by atoms with E-state index in [-0.39, 0.29) is 18.6 Å². The molecule has 6 heteroatoms. The Morgan fingerprint density at radius 3 is 2.00 bits per heavy atom. The molecule has 0 aromatic carbocycles. The van der Waals surface area contributed by atoms with Gasteiger partial charge < -0.3 is 0 Å². The molecule has 0 amide bonds. The average molecular weight is 237 g/mol. The summed E-state index contributed by atoms with van der Waals surface area (Å²) in [6, 6.07) is -0.516. The summed E-state index contributed by atoms with van der Waals surface area (Å²) in [5.41, 5.74) is 0. The standard InChI is InChI=1S/C11H15N3O3/c1-2-3-10(13-8-16)6-11(14-9-17)4-5-12-7-15/h10-11H,2-6H2,1H3. The van der Waals surface area contributed by atoms with Gasteiger partial charge in [0.25, 0.3) is 0 Å². The second-order valence-corrected chi connectivity index (χ2v) is 3.53. The lowest BCUT2D eigenvalue weighted by atomic mass is 10.0. The van der Waals surface area contributed by atoms with Crippen LogP contribution in [-0.2, 0) is 14.4 Å². The third-order valence-corrected chi connectivity index (χ3v) is 2.28. The molecule has 2 unspecified atom stereocenters. The second kappa shape index (κ2) is 10.7. The van der Waals surface area contributed by atoms with Gasteiger partial charge in [-0.25, -0.2) is 29.4 Å². The molecule has 17 heavy (non-hydrogen) atoms. The van der Waals surface area contributed by atoms with Crippen molar-refractivity contribution in [3.8, 4) is 0 Å². The fourth-order valence-corrected chi connectivity index (χ4v) is 1.53. The van der Waals surface area contributed by atoms with Gasteiger partial charge in [-0.15, -0.1) is 0 Å². The largest absolute Gasteiger partial charge is 0.235 e. The highest BCUT2D eigenvalue weighted by atomic mass is 16.1. The number of carbonyl (C=O) groups excluding carboxylic acids is 3. The molecule has 0 aromatic rings. The van der Waals surface area contributed by atoms with Gasteiger partial charge in [0.15, 0.2) is 0 Å². The molecule has 0 bridgehead atoms. The monoisotopic (exact) mass is 237 g/mol. The first-order valence-electron chi connectivity index (χ1n) is 5.46. The Bertz CT molecular complexity index is 351. The van der Waals surface area contributed by atoms with Crippen molar-refractivity contribution >= 4 is 18.2 Å². The number of hydrogen-bond donors (Lipinski definition) is 0. The summed E-state index contributed by atoms with van der Waals surface area (Å²) in [6.07, 6.45) is 6.93. The van der Waals surface area contributed by atoms with Crippen LogP contribution in [0, 0.1) is 0 Å². The Kier molecular flexibility index (Phi) is 9.49. The van der Waals surface area contributed by atoms with E-state index in [4.69, 9.17) is 0 Å². The smallest absolute Gasteiger partial charge is 0.211 e. The molecule has 0 aliphatic heterocycles. The average Bonchev–Trinajstić information content (AvgIpc) is 2.30. The van der Waals surface area contributed by atoms with E-state index in [1.807, 2.05) is 6.92 Å². The van der Waals surface area contributed by atoms with Crippen LogP contribution in [0.25, 0.3) is 0 Å². The van der Waals surface area contributed by atoms with Gasteiger partial charge in [-0.1, -0.05) is 13.3 Å². The van der Waals surface area contributed by atoms with E-state index in [1.54, 1.807) is 0 Å². The second-order valence-electron chi connectivity index (χ2n) is 3.53. The zero-order valence-corrected chi connectivity index (χ0v) is 9.76. The molecule has 0 spiro atoms. The van der Waals surface area contributed by atoms with E-state index >= 15 is 0 Å². The summed E-state index contributed by atoms with van der Waals surface area (Å²) in [4.78, 5) is 41.0. The molecule has 0 N–H and O–H groups in total. The maximum atomic E-state index is 10.2. The van der Waals surface area contributed by atoms with Crippen LogP contribution in [0.1, 0.15) is 32.6 Å². The van der Waals surface area contributed by atoms with Crippen LogP contribution in [0.3, 0.4) is 0 Å². The lowest BCUT2D eigenvalue weighted by Crippen LogP contribution is -2.16. The van der Waals surface area contributed by atoms with Crippen LogP contribution >= 0.6 is 0 Å². The highest BCUT2D eigenvalue weighted by molar-refractivity contribution is 5.35. The molecule has 0 radical (unpaired) electrons. The highest BCUT2D eigenvalue weighted by Gasteiger charge is 2.14. The Morgan fingerprint density at radius 1 is 0.941 bits per heavy atom. The summed E-state index contributed by atoms with van der Waals surface area (Å²) < 4.78 is 0. The van der Waals surface area contributed by atoms with E-state index in [1.165, 1.54) is 18.2 Å². The molecule has 2 atom stereocenters. The highest BCUT2D eigenvalue weighted by Crippen LogP contribution is 2.13. The third kappa shape index (κ3) is 8.00. The van der Waals surface area contributed by atoms with Gasteiger partial charge in [0, 0.05) is 0 Å². The topological polar surface area (TPSA) is 88.3 Å². The van der Waals surface area contributed by atoms with E-state index in [2.05, 4.69) is 15.0 Å². The molecule has 0 saturated heterocycles. The summed E-state index contributed by atoms with van der Waals surface area (Å²) in [5, 5.41) is 0. The number of hydrogen-bond acceptors (Lipinski definition) is 6. The zero-order valence-electron chi connectivity index (χ0n) is 9.76. The fourth-order valence-electron chi connectivity index (χ4n) is 1.53. The molecule has 0 heterocycles. The molecule has 0 rings (SSSR count). The van der Waals surface area contributed by atoms with Crippen molar-refractivity contribution in [3.05, 3.63) is 0 Å². The van der Waals surface area contributed by atoms with Crippen molar-refractivity contribution in [3.63, 3.8) is 0 Å². The van der Waals surface area contributed by atoms with Gasteiger partial charge in [-0.05, 0) is 19.3 Å². The number of rotatable bonds is 9. The molecular weight excluding hydrogens is 222 g/mol. The Balaban J connectivity index is 4.41. The van der Waals surface area contributed by atoms with Crippen molar-refractivity contribution in [2.75, 3.05) is 6.54 Å². The van der Waals surface area contributed by atoms with Gasteiger partial charge in [0.2, 0.25) is 18.2 Å². The molecule has 0 aliphatic carbocycles. The molecule has 0 saturated carbocycles. The van der Waals surface area contributed by atoms with Crippen molar-refractivity contribution in [1.29, 1.82) is 0 Å². The van der Waals surface area contributed by atoms with Crippen molar-refractivity contribution in [2.24, 2.45) is 15.0 Å². The zero-order chi connectivity index (χ0) is 12.9. The van der Waals surface area contributed by atoms with Crippen LogP contribution in [0.2, 0.25) is 0 Å². The van der Waals surface area contributed by atoms with Crippen LogP contribution in [0.4, 0.5) is 0 Å². The number of isocyanates is 3. The van der Waals surface area contributed by atoms with Crippen molar-refractivity contribution in [1.82, 2.24) is 0 Å². The lowest BCUT2D eigenvalue weighted by molar-refractivity contribution is 0.469. The molecule has 92 valence electrons. The summed E-state index contributed by atoms with van der Waals surface area (Å²) in [5.74, 6) is 0. The van der Waals surface area contributed by atoms with Gasteiger partial charge in [0.1, 0.15) is 0 Å². The summed E-state index contributed by atoms with van der Waals surface area (Å²) in [7, 11) is 0. The summed E-state index contributed by atoms with van der Waals surface area (Å²) >= 11 is 0. The van der Waals surface area contributed by atoms with Gasteiger partial charge in [-0.3, -0.25) is 0 Å². The van der Waals surface area contributed by atoms with E-state index < -0.39 is 0 Å². The Hall–Kier alpha value is -1.86. The maximum Gasteiger partial charge on any atom is 0.235 e. The molecule has 0 aliphatic rings. The van der Waals surface area contributed by atoms with E-state index in [9.17, 15) is 14.4 Å². The maximum absolute atomic E-state index is 10.2. The molecular formula is C11H15N3O3. The predicted molar refractivity (Wildman–Crippen MR) is 60.9 cm³/mol. The van der Waals surface area contributed by atoms with E-state index in [0.717, 1.165) is 12.8 Å². The Labute approximate surface area is 99.6 Å². The predicted octanol–water partition coefficient (Wildman–Crippen LogP) is 1.31. The minimum atomic E-state index is -0.321. The third-order valence-electron chi connectivity index (χ3n) is 2.28. The first-order valence-corrected chi connectivity index (χ1v) is 5.46. The number of nitrogens with zero attached hydrogens (tertiary/aromatic N) is 3. The van der Waals surface area contributed by atoms with Crippen LogP contribution in [0.15, 0.2) is 15.0 Å². The first kappa shape index (κ1) is 15.1. The fraction of sp³-hybridized carbons (Fsp3) is 0.727. The van der Waals surface area contributed by atoms with E-state index in [0.29, 0.717) is 12.8 Å². The molecule has 0 aromatic heterocycles. The number of aliphatic imine (C=N–C) groups is 3. The lowest BCUT2D eigenvalue weighted by Gasteiger charge is -2.13. The quantitative estimate of drug-likeness (QED) is 0.447. The minimum Gasteiger partial charge on any atom is -0.211 e. The first-order chi connectivity index (χ1) is 8.28. The normalized spacial score (nSPS) is 12.5. The molecule has 6 nitrogen and oxygen atoms in total. The van der Waals surface area contributed by atoms with Crippen LogP contribution in [-0.4, -0.2) is 36.9 Å².